The van der Waals surface area contributed by atoms with Crippen LogP contribution < -0.4 is 10.3 Å². The number of nitro benzene ring substituents is 1. The second-order valence-electron chi connectivity index (χ2n) is 4.03. The molecule has 0 spiro atoms. The molecule has 0 radical (unpaired) electrons. The Labute approximate surface area is 128 Å². The summed E-state index contributed by atoms with van der Waals surface area (Å²) in [6, 6.07) is 4.11. The number of methoxy groups -OCH3 is 1. The molecule has 1 aromatic carbocycles. The largest absolute Gasteiger partial charge is 0.489 e. The monoisotopic (exact) mass is 329 g/mol. The van der Waals surface area contributed by atoms with Gasteiger partial charge in [-0.2, -0.15) is 0 Å². The molecular weight excluding hydrogens is 321 g/mol. The van der Waals surface area contributed by atoms with Crippen molar-refractivity contribution in [1.29, 1.82) is 0 Å². The van der Waals surface area contributed by atoms with Crippen LogP contribution in [0, 0.1) is 10.1 Å². The minimum absolute atomic E-state index is 0.0701. The van der Waals surface area contributed by atoms with Crippen LogP contribution in [0.1, 0.15) is 5.56 Å². The Balaban J connectivity index is 2.51. The number of rotatable bonds is 4. The van der Waals surface area contributed by atoms with Crippen molar-refractivity contribution < 1.29 is 9.66 Å². The fraction of sp³-hybridized carbons (Fsp3) is 0.167. The van der Waals surface area contributed by atoms with E-state index in [-0.39, 0.29) is 28.7 Å². The maximum atomic E-state index is 12.1. The van der Waals surface area contributed by atoms with Gasteiger partial charge < -0.3 is 4.74 Å². The highest BCUT2D eigenvalue weighted by Gasteiger charge is 2.17. The van der Waals surface area contributed by atoms with Crippen molar-refractivity contribution in [1.82, 2.24) is 9.55 Å². The molecule has 0 aliphatic carbocycles. The van der Waals surface area contributed by atoms with Gasteiger partial charge in [0.2, 0.25) is 5.75 Å². The SMILES string of the molecule is COc1c(Cl)ncn(Cc2cc(Cl)ccc2[N+](=O)[O-])c1=O. The summed E-state index contributed by atoms with van der Waals surface area (Å²) >= 11 is 11.6. The summed E-state index contributed by atoms with van der Waals surface area (Å²) in [4.78, 5) is 26.4. The summed E-state index contributed by atoms with van der Waals surface area (Å²) in [6.45, 7) is -0.0732. The minimum atomic E-state index is -0.544. The van der Waals surface area contributed by atoms with Gasteiger partial charge in [0.15, 0.2) is 5.15 Å². The first-order chi connectivity index (χ1) is 9.93. The topological polar surface area (TPSA) is 87.3 Å². The maximum Gasteiger partial charge on any atom is 0.297 e. The second kappa shape index (κ2) is 6.11. The van der Waals surface area contributed by atoms with Crippen LogP contribution in [-0.2, 0) is 6.54 Å². The van der Waals surface area contributed by atoms with Gasteiger partial charge in [-0.1, -0.05) is 23.2 Å². The average Bonchev–Trinajstić information content (AvgIpc) is 2.42. The molecule has 0 N–H and O–H groups in total. The Bertz CT molecular complexity index is 761. The number of ether oxygens (including phenoxy) is 1. The van der Waals surface area contributed by atoms with Gasteiger partial charge >= 0.3 is 0 Å². The smallest absolute Gasteiger partial charge is 0.297 e. The zero-order valence-electron chi connectivity index (χ0n) is 10.7. The summed E-state index contributed by atoms with van der Waals surface area (Å²) in [6.07, 6.45) is 1.19. The van der Waals surface area contributed by atoms with E-state index < -0.39 is 10.5 Å². The third-order valence-electron chi connectivity index (χ3n) is 2.74. The number of hydrogen-bond acceptors (Lipinski definition) is 5. The molecule has 1 aromatic heterocycles. The lowest BCUT2D eigenvalue weighted by Gasteiger charge is -2.09. The predicted molar refractivity (Wildman–Crippen MR) is 77.3 cm³/mol. The molecule has 0 unspecified atom stereocenters. The van der Waals surface area contributed by atoms with Gasteiger partial charge in [-0.3, -0.25) is 19.5 Å². The fourth-order valence-corrected chi connectivity index (χ4v) is 2.17. The average molecular weight is 330 g/mol. The lowest BCUT2D eigenvalue weighted by Crippen LogP contribution is -2.23. The molecule has 21 heavy (non-hydrogen) atoms. The second-order valence-corrected chi connectivity index (χ2v) is 4.83. The molecule has 1 heterocycles. The van der Waals surface area contributed by atoms with Gasteiger partial charge in [-0.25, -0.2) is 4.98 Å². The molecule has 0 aliphatic heterocycles. The molecule has 0 saturated carbocycles. The van der Waals surface area contributed by atoms with E-state index in [0.717, 1.165) is 4.57 Å². The van der Waals surface area contributed by atoms with E-state index in [2.05, 4.69) is 4.98 Å². The number of benzene rings is 1. The zero-order chi connectivity index (χ0) is 15.6. The van der Waals surface area contributed by atoms with Crippen LogP contribution in [0.25, 0.3) is 0 Å². The van der Waals surface area contributed by atoms with Crippen LogP contribution in [0.15, 0.2) is 29.3 Å². The standard InChI is InChI=1S/C12H9Cl2N3O4/c1-21-10-11(14)15-6-16(12(10)18)5-7-4-8(13)2-3-9(7)17(19)20/h2-4,6H,5H2,1H3. The van der Waals surface area contributed by atoms with E-state index in [0.29, 0.717) is 5.02 Å². The van der Waals surface area contributed by atoms with Crippen molar-refractivity contribution in [3.8, 4) is 5.75 Å². The molecule has 0 atom stereocenters. The van der Waals surface area contributed by atoms with E-state index in [9.17, 15) is 14.9 Å². The molecular formula is C12H9Cl2N3O4. The number of nitrogens with zero attached hydrogens (tertiary/aromatic N) is 3. The number of aromatic nitrogens is 2. The first-order valence-electron chi connectivity index (χ1n) is 5.65. The normalized spacial score (nSPS) is 10.4. The number of hydrogen-bond donors (Lipinski definition) is 0. The number of halogens is 2. The lowest BCUT2D eigenvalue weighted by atomic mass is 10.2. The quantitative estimate of drug-likeness (QED) is 0.488. The Morgan fingerprint density at radius 3 is 2.76 bits per heavy atom. The molecule has 0 bridgehead atoms. The highest BCUT2D eigenvalue weighted by Crippen LogP contribution is 2.23. The van der Waals surface area contributed by atoms with Crippen LogP contribution >= 0.6 is 23.2 Å². The van der Waals surface area contributed by atoms with Crippen LogP contribution in [0.3, 0.4) is 0 Å². The van der Waals surface area contributed by atoms with E-state index in [4.69, 9.17) is 27.9 Å². The van der Waals surface area contributed by atoms with E-state index >= 15 is 0 Å². The first-order valence-corrected chi connectivity index (χ1v) is 6.41. The molecule has 2 aromatic rings. The molecule has 0 aliphatic rings. The third kappa shape index (κ3) is 3.14. The summed E-state index contributed by atoms with van der Waals surface area (Å²) in [5, 5.41) is 11.3. The van der Waals surface area contributed by atoms with Crippen LogP contribution in [0.2, 0.25) is 10.2 Å². The molecule has 0 saturated heterocycles. The van der Waals surface area contributed by atoms with E-state index in [1.54, 1.807) is 0 Å². The van der Waals surface area contributed by atoms with Gasteiger partial charge in [-0.15, -0.1) is 0 Å². The van der Waals surface area contributed by atoms with Gasteiger partial charge in [0.05, 0.1) is 30.5 Å². The van der Waals surface area contributed by atoms with Gasteiger partial charge in [0.1, 0.15) is 0 Å². The molecule has 110 valence electrons. The summed E-state index contributed by atoms with van der Waals surface area (Å²) in [5.41, 5.74) is -0.396. The van der Waals surface area contributed by atoms with Crippen LogP contribution in [0.4, 0.5) is 5.69 Å². The molecule has 2 rings (SSSR count). The van der Waals surface area contributed by atoms with Crippen molar-refractivity contribution in [2.45, 2.75) is 6.54 Å². The fourth-order valence-electron chi connectivity index (χ4n) is 1.78. The Kier molecular flexibility index (Phi) is 4.44. The van der Waals surface area contributed by atoms with Gasteiger partial charge in [-0.05, 0) is 12.1 Å². The molecule has 0 fully saturated rings. The summed E-state index contributed by atoms with van der Waals surface area (Å²) in [7, 11) is 1.29. The minimum Gasteiger partial charge on any atom is -0.489 e. The van der Waals surface area contributed by atoms with Crippen molar-refractivity contribution in [2.24, 2.45) is 0 Å². The number of nitro groups is 1. The zero-order valence-corrected chi connectivity index (χ0v) is 12.3. The molecule has 7 nitrogen and oxygen atoms in total. The highest BCUT2D eigenvalue weighted by molar-refractivity contribution is 6.31. The van der Waals surface area contributed by atoms with Crippen molar-refractivity contribution in [2.75, 3.05) is 7.11 Å². The van der Waals surface area contributed by atoms with Crippen molar-refractivity contribution in [3.63, 3.8) is 0 Å². The van der Waals surface area contributed by atoms with Crippen molar-refractivity contribution in [3.05, 3.63) is 60.7 Å². The van der Waals surface area contributed by atoms with Gasteiger partial charge in [0, 0.05) is 11.1 Å². The third-order valence-corrected chi connectivity index (χ3v) is 3.24. The summed E-state index contributed by atoms with van der Waals surface area (Å²) in [5.74, 6) is -0.121. The highest BCUT2D eigenvalue weighted by atomic mass is 35.5. The van der Waals surface area contributed by atoms with Crippen LogP contribution in [-0.4, -0.2) is 21.6 Å². The van der Waals surface area contributed by atoms with Crippen molar-refractivity contribution >= 4 is 28.9 Å². The summed E-state index contributed by atoms with van der Waals surface area (Å²) < 4.78 is 6.02. The van der Waals surface area contributed by atoms with Gasteiger partial charge in [0.25, 0.3) is 11.2 Å². The first kappa shape index (κ1) is 15.3. The Morgan fingerprint density at radius 1 is 1.43 bits per heavy atom. The Morgan fingerprint density at radius 2 is 2.14 bits per heavy atom. The van der Waals surface area contributed by atoms with E-state index in [1.165, 1.54) is 31.6 Å². The lowest BCUT2D eigenvalue weighted by molar-refractivity contribution is -0.385. The molecule has 9 heteroatoms. The van der Waals surface area contributed by atoms with Crippen LogP contribution in [0.5, 0.6) is 5.75 Å². The van der Waals surface area contributed by atoms with E-state index in [1.807, 2.05) is 0 Å². The maximum absolute atomic E-state index is 12.1. The Hall–Kier alpha value is -2.12. The predicted octanol–water partition coefficient (Wildman–Crippen LogP) is 2.52. The molecule has 0 amide bonds.